The number of sulfone groups is 1. The molecule has 0 spiro atoms. The lowest BCUT2D eigenvalue weighted by atomic mass is 10.1. The number of unbranched alkanes of at least 4 members (excludes halogenated alkanes) is 1. The summed E-state index contributed by atoms with van der Waals surface area (Å²) in [5, 5.41) is 0. The van der Waals surface area contributed by atoms with E-state index in [1.807, 2.05) is 6.92 Å². The minimum atomic E-state index is -3.45. The number of hydrogen-bond acceptors (Lipinski definition) is 5. The Morgan fingerprint density at radius 1 is 1.13 bits per heavy atom. The zero-order valence-corrected chi connectivity index (χ0v) is 20.0. The number of hydrogen-bond donors (Lipinski definition) is 0. The van der Waals surface area contributed by atoms with Crippen molar-refractivity contribution >= 4 is 25.8 Å². The van der Waals surface area contributed by atoms with Crippen LogP contribution in [0.2, 0.25) is 0 Å². The lowest BCUT2D eigenvalue weighted by Gasteiger charge is -2.28. The number of piperidine rings is 1. The molecule has 0 aromatic heterocycles. The van der Waals surface area contributed by atoms with Gasteiger partial charge in [0.2, 0.25) is 15.9 Å². The van der Waals surface area contributed by atoms with E-state index in [-0.39, 0.29) is 23.5 Å². The number of aryl methyl sites for hydroxylation is 1. The van der Waals surface area contributed by atoms with Crippen LogP contribution in [0.1, 0.15) is 57.4 Å². The Balaban J connectivity index is 1.60. The van der Waals surface area contributed by atoms with E-state index < -0.39 is 19.9 Å². The number of sulfonamides is 1. The van der Waals surface area contributed by atoms with Gasteiger partial charge in [0, 0.05) is 32.1 Å². The maximum Gasteiger partial charge on any atom is 0.243 e. The molecule has 1 amide bonds. The summed E-state index contributed by atoms with van der Waals surface area (Å²) in [4.78, 5) is 14.9. The van der Waals surface area contributed by atoms with Gasteiger partial charge in [0.05, 0.1) is 16.4 Å². The van der Waals surface area contributed by atoms with Gasteiger partial charge in [0.25, 0.3) is 0 Å². The molecule has 1 aromatic carbocycles. The van der Waals surface area contributed by atoms with Gasteiger partial charge in [-0.25, -0.2) is 16.8 Å². The van der Waals surface area contributed by atoms with Crippen molar-refractivity contribution in [2.24, 2.45) is 0 Å². The van der Waals surface area contributed by atoms with E-state index in [9.17, 15) is 21.6 Å². The highest BCUT2D eigenvalue weighted by atomic mass is 32.2. The van der Waals surface area contributed by atoms with Crippen molar-refractivity contribution in [1.29, 1.82) is 0 Å². The molecule has 31 heavy (non-hydrogen) atoms. The molecule has 174 valence electrons. The summed E-state index contributed by atoms with van der Waals surface area (Å²) in [5.74, 6) is 0.187. The Morgan fingerprint density at radius 2 is 1.81 bits per heavy atom. The zero-order valence-electron chi connectivity index (χ0n) is 18.3. The summed E-state index contributed by atoms with van der Waals surface area (Å²) in [6.45, 7) is 3.78. The molecule has 2 fully saturated rings. The highest BCUT2D eigenvalue weighted by molar-refractivity contribution is 7.91. The molecular formula is C22H34N2O5S2. The van der Waals surface area contributed by atoms with Gasteiger partial charge in [-0.05, 0) is 49.8 Å². The number of rotatable bonds is 9. The SMILES string of the molecule is CCCCN(C(=O)CCc1ccc(S(=O)(=O)N2CCCCC2)cc1)C1CCS(=O)(=O)C1. The number of benzene rings is 1. The van der Waals surface area contributed by atoms with Crippen LogP contribution in [-0.2, 0) is 31.1 Å². The molecule has 0 bridgehead atoms. The summed E-state index contributed by atoms with van der Waals surface area (Å²) in [5.41, 5.74) is 0.903. The molecule has 2 aliphatic rings. The molecule has 1 atom stereocenters. The van der Waals surface area contributed by atoms with Gasteiger partial charge in [-0.15, -0.1) is 0 Å². The molecule has 9 heteroatoms. The fourth-order valence-electron chi connectivity index (χ4n) is 4.34. The van der Waals surface area contributed by atoms with Crippen LogP contribution in [0.15, 0.2) is 29.2 Å². The predicted molar refractivity (Wildman–Crippen MR) is 121 cm³/mol. The second kappa shape index (κ2) is 10.4. The van der Waals surface area contributed by atoms with Crippen molar-refractivity contribution in [1.82, 2.24) is 9.21 Å². The smallest absolute Gasteiger partial charge is 0.243 e. The maximum absolute atomic E-state index is 12.9. The molecule has 0 N–H and O–H groups in total. The number of carbonyl (C=O) groups excluding carboxylic acids is 1. The van der Waals surface area contributed by atoms with E-state index in [1.165, 1.54) is 0 Å². The predicted octanol–water partition coefficient (Wildman–Crippen LogP) is 2.61. The van der Waals surface area contributed by atoms with Crippen LogP contribution in [0, 0.1) is 0 Å². The normalized spacial score (nSPS) is 21.8. The summed E-state index contributed by atoms with van der Waals surface area (Å²) in [7, 11) is -6.50. The molecule has 2 aliphatic heterocycles. The Hall–Kier alpha value is -1.45. The quantitative estimate of drug-likeness (QED) is 0.553. The Kier molecular flexibility index (Phi) is 8.15. The van der Waals surface area contributed by atoms with E-state index in [2.05, 4.69) is 0 Å². The highest BCUT2D eigenvalue weighted by Crippen LogP contribution is 2.22. The third-order valence-corrected chi connectivity index (χ3v) is 9.89. The van der Waals surface area contributed by atoms with Crippen molar-refractivity contribution in [3.05, 3.63) is 29.8 Å². The Labute approximate surface area is 186 Å². The molecule has 3 rings (SSSR count). The summed E-state index contributed by atoms with van der Waals surface area (Å²) in [6, 6.07) is 6.59. The summed E-state index contributed by atoms with van der Waals surface area (Å²) in [6.07, 6.45) is 5.97. The fourth-order valence-corrected chi connectivity index (χ4v) is 7.59. The molecule has 0 saturated carbocycles. The van der Waals surface area contributed by atoms with Gasteiger partial charge >= 0.3 is 0 Å². The van der Waals surface area contributed by atoms with E-state index in [1.54, 1.807) is 33.5 Å². The number of amides is 1. The van der Waals surface area contributed by atoms with E-state index in [0.717, 1.165) is 37.7 Å². The second-order valence-electron chi connectivity index (χ2n) is 8.61. The minimum Gasteiger partial charge on any atom is -0.339 e. The maximum atomic E-state index is 12.9. The first kappa shape index (κ1) is 24.2. The summed E-state index contributed by atoms with van der Waals surface area (Å²) >= 11 is 0. The third kappa shape index (κ3) is 6.29. The lowest BCUT2D eigenvalue weighted by Crippen LogP contribution is -2.41. The average Bonchev–Trinajstić information content (AvgIpc) is 3.12. The van der Waals surface area contributed by atoms with Crippen LogP contribution in [-0.4, -0.2) is 69.1 Å². The first-order valence-corrected chi connectivity index (χ1v) is 14.6. The standard InChI is InChI=1S/C22H34N2O5S2/c1-2-3-16-24(20-13-17-30(26,27)18-20)22(25)12-9-19-7-10-21(11-8-19)31(28,29)23-14-5-4-6-15-23/h7-8,10-11,20H,2-6,9,12-18H2,1H3. The molecule has 1 unspecified atom stereocenters. The zero-order chi connectivity index (χ0) is 22.5. The van der Waals surface area contributed by atoms with Crippen molar-refractivity contribution < 1.29 is 21.6 Å². The van der Waals surface area contributed by atoms with Crippen molar-refractivity contribution in [3.63, 3.8) is 0 Å². The van der Waals surface area contributed by atoms with Gasteiger partial charge < -0.3 is 4.90 Å². The molecule has 0 radical (unpaired) electrons. The van der Waals surface area contributed by atoms with E-state index in [0.29, 0.717) is 43.8 Å². The van der Waals surface area contributed by atoms with Crippen LogP contribution < -0.4 is 0 Å². The molecule has 1 aromatic rings. The van der Waals surface area contributed by atoms with Gasteiger partial charge in [0.15, 0.2) is 9.84 Å². The van der Waals surface area contributed by atoms with Gasteiger partial charge in [-0.1, -0.05) is 31.9 Å². The van der Waals surface area contributed by atoms with E-state index >= 15 is 0 Å². The second-order valence-corrected chi connectivity index (χ2v) is 12.8. The van der Waals surface area contributed by atoms with Gasteiger partial charge in [0.1, 0.15) is 0 Å². The molecule has 7 nitrogen and oxygen atoms in total. The largest absolute Gasteiger partial charge is 0.339 e. The van der Waals surface area contributed by atoms with Crippen molar-refractivity contribution in [2.75, 3.05) is 31.1 Å². The van der Waals surface area contributed by atoms with Crippen LogP contribution in [0.5, 0.6) is 0 Å². The average molecular weight is 471 g/mol. The first-order valence-electron chi connectivity index (χ1n) is 11.3. The lowest BCUT2D eigenvalue weighted by molar-refractivity contribution is -0.133. The number of carbonyl (C=O) groups is 1. The molecule has 2 heterocycles. The monoisotopic (exact) mass is 470 g/mol. The first-order chi connectivity index (χ1) is 14.7. The third-order valence-electron chi connectivity index (χ3n) is 6.23. The van der Waals surface area contributed by atoms with Crippen LogP contribution in [0.25, 0.3) is 0 Å². The van der Waals surface area contributed by atoms with Crippen molar-refractivity contribution in [2.45, 2.75) is 69.2 Å². The van der Waals surface area contributed by atoms with Crippen LogP contribution >= 0.6 is 0 Å². The molecule has 2 saturated heterocycles. The summed E-state index contributed by atoms with van der Waals surface area (Å²) < 4.78 is 50.8. The Morgan fingerprint density at radius 3 is 2.39 bits per heavy atom. The van der Waals surface area contributed by atoms with Crippen LogP contribution in [0.3, 0.4) is 0 Å². The highest BCUT2D eigenvalue weighted by Gasteiger charge is 2.34. The topological polar surface area (TPSA) is 91.8 Å². The van der Waals surface area contributed by atoms with Crippen LogP contribution in [0.4, 0.5) is 0 Å². The minimum absolute atomic E-state index is 0.0273. The van der Waals surface area contributed by atoms with E-state index in [4.69, 9.17) is 0 Å². The van der Waals surface area contributed by atoms with Gasteiger partial charge in [-0.3, -0.25) is 4.79 Å². The van der Waals surface area contributed by atoms with Gasteiger partial charge in [-0.2, -0.15) is 4.31 Å². The molecular weight excluding hydrogens is 436 g/mol. The Bertz CT molecular complexity index is 952. The number of nitrogens with zero attached hydrogens (tertiary/aromatic N) is 2. The molecule has 0 aliphatic carbocycles. The van der Waals surface area contributed by atoms with Crippen molar-refractivity contribution in [3.8, 4) is 0 Å². The fraction of sp³-hybridized carbons (Fsp3) is 0.682.